The molecule has 0 saturated carbocycles. The molecule has 0 N–H and O–H groups in total. The van der Waals surface area contributed by atoms with E-state index in [0.29, 0.717) is 6.04 Å². The van der Waals surface area contributed by atoms with Crippen LogP contribution >= 0.6 is 11.3 Å². The van der Waals surface area contributed by atoms with Gasteiger partial charge in [-0.25, -0.2) is 0 Å². The van der Waals surface area contributed by atoms with Crippen molar-refractivity contribution in [3.63, 3.8) is 0 Å². The second kappa shape index (κ2) is 8.13. The Kier molecular flexibility index (Phi) is 5.62. The Balaban J connectivity index is 1.35. The molecule has 1 aromatic heterocycles. The highest BCUT2D eigenvalue weighted by Gasteiger charge is 2.42. The first-order valence-corrected chi connectivity index (χ1v) is 10.7. The van der Waals surface area contributed by atoms with Crippen LogP contribution in [0.1, 0.15) is 40.9 Å². The van der Waals surface area contributed by atoms with Gasteiger partial charge in [-0.2, -0.15) is 0 Å². The van der Waals surface area contributed by atoms with Crippen molar-refractivity contribution >= 4 is 17.2 Å². The molecule has 0 aliphatic carbocycles. The lowest BCUT2D eigenvalue weighted by Crippen LogP contribution is -2.53. The van der Waals surface area contributed by atoms with Gasteiger partial charge in [-0.1, -0.05) is 36.4 Å². The quantitative estimate of drug-likeness (QED) is 0.798. The van der Waals surface area contributed by atoms with Gasteiger partial charge in [0.05, 0.1) is 10.5 Å². The SMILES string of the molecule is CN(Cc1ccccc1)C1CCOC2(CCN(C(=O)c3cccs3)CC2)C1. The third kappa shape index (κ3) is 4.26. The Labute approximate surface area is 165 Å². The molecular weight excluding hydrogens is 356 g/mol. The van der Waals surface area contributed by atoms with Crippen LogP contribution in [-0.4, -0.2) is 54.1 Å². The van der Waals surface area contributed by atoms with Gasteiger partial charge < -0.3 is 9.64 Å². The maximum atomic E-state index is 12.6. The molecular formula is C22H28N2O2S. The first kappa shape index (κ1) is 18.7. The molecule has 0 radical (unpaired) electrons. The maximum Gasteiger partial charge on any atom is 0.263 e. The Morgan fingerprint density at radius 3 is 2.70 bits per heavy atom. The number of amides is 1. The predicted octanol–water partition coefficient (Wildman–Crippen LogP) is 4.03. The summed E-state index contributed by atoms with van der Waals surface area (Å²) in [6.45, 7) is 3.39. The Hall–Kier alpha value is -1.69. The van der Waals surface area contributed by atoms with E-state index in [1.54, 1.807) is 0 Å². The predicted molar refractivity (Wildman–Crippen MR) is 109 cm³/mol. The maximum absolute atomic E-state index is 12.6. The van der Waals surface area contributed by atoms with Crippen LogP contribution in [0.25, 0.3) is 0 Å². The van der Waals surface area contributed by atoms with E-state index in [4.69, 9.17) is 4.74 Å². The van der Waals surface area contributed by atoms with Gasteiger partial charge in [0.2, 0.25) is 0 Å². The Morgan fingerprint density at radius 2 is 2.00 bits per heavy atom. The average Bonchev–Trinajstić information content (AvgIpc) is 3.24. The van der Waals surface area contributed by atoms with Gasteiger partial charge in [-0.3, -0.25) is 9.69 Å². The van der Waals surface area contributed by atoms with Crippen molar-refractivity contribution in [1.82, 2.24) is 9.80 Å². The molecule has 1 amide bonds. The fraction of sp³-hybridized carbons (Fsp3) is 0.500. The summed E-state index contributed by atoms with van der Waals surface area (Å²) < 4.78 is 6.29. The number of benzene rings is 1. The summed E-state index contributed by atoms with van der Waals surface area (Å²) in [6.07, 6.45) is 4.04. The van der Waals surface area contributed by atoms with Gasteiger partial charge in [-0.05, 0) is 49.7 Å². The summed E-state index contributed by atoms with van der Waals surface area (Å²) in [5.41, 5.74) is 1.30. The van der Waals surface area contributed by atoms with E-state index in [1.165, 1.54) is 16.9 Å². The van der Waals surface area contributed by atoms with E-state index >= 15 is 0 Å². The number of carbonyl (C=O) groups is 1. The van der Waals surface area contributed by atoms with Gasteiger partial charge in [0.1, 0.15) is 0 Å². The first-order valence-electron chi connectivity index (χ1n) is 9.86. The molecule has 1 aromatic carbocycles. The van der Waals surface area contributed by atoms with Crippen molar-refractivity contribution in [3.05, 3.63) is 58.3 Å². The number of carbonyl (C=O) groups excluding carboxylic acids is 1. The molecule has 27 heavy (non-hydrogen) atoms. The van der Waals surface area contributed by atoms with E-state index in [-0.39, 0.29) is 11.5 Å². The van der Waals surface area contributed by atoms with Gasteiger partial charge in [0.15, 0.2) is 0 Å². The number of likely N-dealkylation sites (tertiary alicyclic amines) is 1. The molecule has 5 heteroatoms. The summed E-state index contributed by atoms with van der Waals surface area (Å²) in [7, 11) is 2.23. The molecule has 3 heterocycles. The largest absolute Gasteiger partial charge is 0.375 e. The number of nitrogens with zero attached hydrogens (tertiary/aromatic N) is 2. The normalized spacial score (nSPS) is 22.3. The zero-order valence-corrected chi connectivity index (χ0v) is 16.8. The van der Waals surface area contributed by atoms with Crippen LogP contribution in [0.4, 0.5) is 0 Å². The van der Waals surface area contributed by atoms with Crippen molar-refractivity contribution < 1.29 is 9.53 Å². The van der Waals surface area contributed by atoms with Crippen LogP contribution in [0.3, 0.4) is 0 Å². The third-order valence-electron chi connectivity index (χ3n) is 6.06. The van der Waals surface area contributed by atoms with E-state index in [1.807, 2.05) is 22.4 Å². The highest BCUT2D eigenvalue weighted by molar-refractivity contribution is 7.12. The molecule has 0 bridgehead atoms. The van der Waals surface area contributed by atoms with Crippen molar-refractivity contribution in [2.45, 2.75) is 43.9 Å². The topological polar surface area (TPSA) is 32.8 Å². The fourth-order valence-corrected chi connectivity index (χ4v) is 5.09. The lowest BCUT2D eigenvalue weighted by Gasteiger charge is -2.48. The molecule has 2 aromatic rings. The van der Waals surface area contributed by atoms with Crippen LogP contribution in [0.2, 0.25) is 0 Å². The van der Waals surface area contributed by atoms with Gasteiger partial charge in [-0.15, -0.1) is 11.3 Å². The molecule has 1 spiro atoms. The molecule has 1 atom stereocenters. The second-order valence-electron chi connectivity index (χ2n) is 7.85. The molecule has 2 aliphatic heterocycles. The van der Waals surface area contributed by atoms with Gasteiger partial charge in [0.25, 0.3) is 5.91 Å². The van der Waals surface area contributed by atoms with Crippen molar-refractivity contribution in [2.75, 3.05) is 26.7 Å². The van der Waals surface area contributed by atoms with Crippen LogP contribution in [0.5, 0.6) is 0 Å². The molecule has 2 aliphatic rings. The Bertz CT molecular complexity index is 739. The van der Waals surface area contributed by atoms with E-state index in [0.717, 1.165) is 56.8 Å². The van der Waals surface area contributed by atoms with E-state index < -0.39 is 0 Å². The molecule has 144 valence electrons. The first-order chi connectivity index (χ1) is 13.2. The number of hydrogen-bond donors (Lipinski definition) is 0. The smallest absolute Gasteiger partial charge is 0.263 e. The number of rotatable bonds is 4. The summed E-state index contributed by atoms with van der Waals surface area (Å²) in [6, 6.07) is 15.1. The summed E-state index contributed by atoms with van der Waals surface area (Å²) in [5, 5.41) is 1.97. The molecule has 2 saturated heterocycles. The molecule has 2 fully saturated rings. The number of hydrogen-bond acceptors (Lipinski definition) is 4. The standard InChI is InChI=1S/C22H28N2O2S/c1-23(17-18-6-3-2-4-7-18)19-9-14-26-22(16-19)10-12-24(13-11-22)21(25)20-8-5-15-27-20/h2-8,15,19H,9-14,16-17H2,1H3. The van der Waals surface area contributed by atoms with E-state index in [9.17, 15) is 4.79 Å². The van der Waals surface area contributed by atoms with Crippen molar-refractivity contribution in [1.29, 1.82) is 0 Å². The minimum Gasteiger partial charge on any atom is -0.375 e. The fourth-order valence-electron chi connectivity index (χ4n) is 4.40. The second-order valence-corrected chi connectivity index (χ2v) is 8.80. The van der Waals surface area contributed by atoms with Gasteiger partial charge >= 0.3 is 0 Å². The molecule has 4 nitrogen and oxygen atoms in total. The molecule has 1 unspecified atom stereocenters. The minimum atomic E-state index is -0.0555. The number of piperidine rings is 1. The van der Waals surface area contributed by atoms with Crippen LogP contribution < -0.4 is 0 Å². The van der Waals surface area contributed by atoms with Crippen LogP contribution in [-0.2, 0) is 11.3 Å². The zero-order valence-electron chi connectivity index (χ0n) is 16.0. The summed E-state index contributed by atoms with van der Waals surface area (Å²) in [5.74, 6) is 0.174. The monoisotopic (exact) mass is 384 g/mol. The number of ether oxygens (including phenoxy) is 1. The lowest BCUT2D eigenvalue weighted by molar-refractivity contribution is -0.128. The summed E-state index contributed by atoms with van der Waals surface area (Å²) >= 11 is 1.53. The molecule has 4 rings (SSSR count). The lowest BCUT2D eigenvalue weighted by atomic mass is 9.81. The average molecular weight is 385 g/mol. The third-order valence-corrected chi connectivity index (χ3v) is 6.92. The van der Waals surface area contributed by atoms with Crippen LogP contribution in [0, 0.1) is 0 Å². The number of thiophene rings is 1. The van der Waals surface area contributed by atoms with Crippen molar-refractivity contribution in [3.8, 4) is 0 Å². The Morgan fingerprint density at radius 1 is 1.22 bits per heavy atom. The highest BCUT2D eigenvalue weighted by atomic mass is 32.1. The highest BCUT2D eigenvalue weighted by Crippen LogP contribution is 2.37. The van der Waals surface area contributed by atoms with E-state index in [2.05, 4.69) is 42.3 Å². The summed E-state index contributed by atoms with van der Waals surface area (Å²) in [4.78, 5) is 17.9. The zero-order chi connectivity index (χ0) is 18.7. The minimum absolute atomic E-state index is 0.0555. The van der Waals surface area contributed by atoms with Crippen LogP contribution in [0.15, 0.2) is 47.8 Å². The van der Waals surface area contributed by atoms with Crippen molar-refractivity contribution in [2.24, 2.45) is 0 Å². The van der Waals surface area contributed by atoms with Gasteiger partial charge in [0, 0.05) is 32.3 Å².